The van der Waals surface area contributed by atoms with Crippen LogP contribution in [-0.4, -0.2) is 5.78 Å². The predicted molar refractivity (Wildman–Crippen MR) is 187 cm³/mol. The van der Waals surface area contributed by atoms with Crippen LogP contribution in [0.25, 0.3) is 65.7 Å². The molecule has 0 radical (unpaired) electrons. The van der Waals surface area contributed by atoms with Gasteiger partial charge in [-0.3, -0.25) is 4.79 Å². The third kappa shape index (κ3) is 3.58. The van der Waals surface area contributed by atoms with Gasteiger partial charge in [0, 0.05) is 12.3 Å². The first-order valence-electron chi connectivity index (χ1n) is 16.5. The summed E-state index contributed by atoms with van der Waals surface area (Å²) in [7, 11) is 0. The molecule has 0 N–H and O–H groups in total. The molecule has 7 aromatic rings. The first-order chi connectivity index (χ1) is 22.2. The summed E-state index contributed by atoms with van der Waals surface area (Å²) in [4.78, 5) is 12.7. The van der Waals surface area contributed by atoms with Crippen molar-refractivity contribution >= 4 is 38.1 Å². The van der Waals surface area contributed by atoms with Gasteiger partial charge in [0.2, 0.25) is 0 Å². The van der Waals surface area contributed by atoms with Gasteiger partial charge in [-0.1, -0.05) is 115 Å². The quantitative estimate of drug-likeness (QED) is 0.191. The van der Waals surface area contributed by atoms with Crippen molar-refractivity contribution in [3.63, 3.8) is 0 Å². The van der Waals surface area contributed by atoms with Crippen LogP contribution in [0.2, 0.25) is 0 Å². The zero-order valence-corrected chi connectivity index (χ0v) is 25.2. The molecule has 3 aliphatic rings. The van der Waals surface area contributed by atoms with Gasteiger partial charge >= 0.3 is 0 Å². The molecule has 1 heteroatoms. The maximum absolute atomic E-state index is 12.7. The van der Waals surface area contributed by atoms with Gasteiger partial charge < -0.3 is 0 Å². The number of benzene rings is 7. The van der Waals surface area contributed by atoms with Crippen molar-refractivity contribution in [1.29, 1.82) is 0 Å². The highest BCUT2D eigenvalue weighted by atomic mass is 16.1. The summed E-state index contributed by atoms with van der Waals surface area (Å²) in [5, 5.41) is 8.01. The van der Waals surface area contributed by atoms with E-state index in [9.17, 15) is 4.79 Å². The number of Topliss-reactive ketones (excluding diaryl/α,β-unsaturated/α-hetero) is 1. The molecule has 0 fully saturated rings. The Morgan fingerprint density at radius 1 is 0.489 bits per heavy atom. The lowest BCUT2D eigenvalue weighted by molar-refractivity contribution is -0.119. The zero-order chi connectivity index (χ0) is 29.6. The fourth-order valence-electron chi connectivity index (χ4n) is 9.11. The van der Waals surface area contributed by atoms with Crippen LogP contribution in [0.4, 0.5) is 0 Å². The molecule has 214 valence electrons. The van der Waals surface area contributed by atoms with Crippen LogP contribution in [0.3, 0.4) is 0 Å². The van der Waals surface area contributed by atoms with Crippen LogP contribution >= 0.6 is 0 Å². The zero-order valence-electron chi connectivity index (χ0n) is 25.2. The summed E-state index contributed by atoms with van der Waals surface area (Å²) < 4.78 is 0. The molecule has 0 heterocycles. The lowest BCUT2D eigenvalue weighted by atomic mass is 9.80. The lowest BCUT2D eigenvalue weighted by Gasteiger charge is -2.24. The van der Waals surface area contributed by atoms with Gasteiger partial charge in [-0.15, -0.1) is 0 Å². The molecule has 0 aromatic heterocycles. The van der Waals surface area contributed by atoms with Crippen LogP contribution in [0.15, 0.2) is 115 Å². The minimum absolute atomic E-state index is 0.123. The Balaban J connectivity index is 1.18. The molecule has 0 saturated carbocycles. The van der Waals surface area contributed by atoms with Gasteiger partial charge in [0.05, 0.1) is 0 Å². The fourth-order valence-corrected chi connectivity index (χ4v) is 9.11. The van der Waals surface area contributed by atoms with Gasteiger partial charge in [-0.25, -0.2) is 0 Å². The number of carbonyl (C=O) groups excluding carboxylic acids is 1. The van der Waals surface area contributed by atoms with Gasteiger partial charge in [0.15, 0.2) is 0 Å². The molecular formula is C44H32O. The molecule has 3 aliphatic carbocycles. The molecule has 0 amide bonds. The predicted octanol–water partition coefficient (Wildman–Crippen LogP) is 10.8. The first kappa shape index (κ1) is 25.3. The molecule has 45 heavy (non-hydrogen) atoms. The Morgan fingerprint density at radius 3 is 1.82 bits per heavy atom. The Morgan fingerprint density at radius 2 is 1.09 bits per heavy atom. The van der Waals surface area contributed by atoms with Crippen LogP contribution in [0.1, 0.15) is 46.6 Å². The maximum atomic E-state index is 12.7. The monoisotopic (exact) mass is 576 g/mol. The highest BCUT2D eigenvalue weighted by Crippen LogP contribution is 2.48. The minimum Gasteiger partial charge on any atom is -0.299 e. The largest absolute Gasteiger partial charge is 0.299 e. The number of hydrogen-bond donors (Lipinski definition) is 0. The van der Waals surface area contributed by atoms with E-state index in [2.05, 4.69) is 115 Å². The van der Waals surface area contributed by atoms with E-state index in [0.29, 0.717) is 12.2 Å². The minimum atomic E-state index is 0.123. The Hall–Kier alpha value is -5.01. The number of aryl methyl sites for hydroxylation is 2. The molecule has 1 atom stereocenters. The third-order valence-electron chi connectivity index (χ3n) is 11.0. The van der Waals surface area contributed by atoms with Gasteiger partial charge in [-0.2, -0.15) is 0 Å². The number of hydrogen-bond acceptors (Lipinski definition) is 1. The second-order valence-electron chi connectivity index (χ2n) is 13.3. The normalized spacial score (nSPS) is 16.6. The van der Waals surface area contributed by atoms with Crippen LogP contribution in [0, 0.1) is 0 Å². The lowest BCUT2D eigenvalue weighted by Crippen LogP contribution is -2.13. The summed E-state index contributed by atoms with van der Waals surface area (Å²) in [6.45, 7) is 0. The highest BCUT2D eigenvalue weighted by Gasteiger charge is 2.35. The fraction of sp³-hybridized carbons (Fsp3) is 0.159. The van der Waals surface area contributed by atoms with Crippen molar-refractivity contribution in [2.75, 3.05) is 0 Å². The van der Waals surface area contributed by atoms with Crippen LogP contribution in [0.5, 0.6) is 0 Å². The molecule has 0 saturated heterocycles. The standard InChI is InChI=1S/C44H32O/c45-40-25-30-22-23-31(32-13-6-14-39(40)43(30)32)26-15-17-29(18-16-26)42-34-8-1-3-10-36(34)44(37-11-4-2-9-35(37)42)38-24-21-28-20-19-27-7-5-12-33(38)41(27)28/h1-5,7-12,15-18,21-24,39H,6,13-14,19-20,25H2. The first-order valence-corrected chi connectivity index (χ1v) is 16.5. The van der Waals surface area contributed by atoms with E-state index >= 15 is 0 Å². The van der Waals surface area contributed by atoms with Crippen LogP contribution in [-0.2, 0) is 30.5 Å². The summed E-state index contributed by atoms with van der Waals surface area (Å²) >= 11 is 0. The molecule has 1 nitrogen and oxygen atoms in total. The van der Waals surface area contributed by atoms with E-state index in [1.165, 1.54) is 93.5 Å². The van der Waals surface area contributed by atoms with E-state index in [1.807, 2.05) is 0 Å². The second-order valence-corrected chi connectivity index (χ2v) is 13.3. The van der Waals surface area contributed by atoms with E-state index in [4.69, 9.17) is 0 Å². The number of carbonyl (C=O) groups is 1. The topological polar surface area (TPSA) is 17.1 Å². The summed E-state index contributed by atoms with van der Waals surface area (Å²) in [5.74, 6) is 0.537. The van der Waals surface area contributed by atoms with E-state index in [0.717, 1.165) is 32.1 Å². The number of ketones is 1. The van der Waals surface area contributed by atoms with Crippen molar-refractivity contribution in [3.8, 4) is 33.4 Å². The van der Waals surface area contributed by atoms with Crippen molar-refractivity contribution in [2.45, 2.75) is 44.4 Å². The van der Waals surface area contributed by atoms with E-state index < -0.39 is 0 Å². The average Bonchev–Trinajstić information content (AvgIpc) is 3.67. The summed E-state index contributed by atoms with van der Waals surface area (Å²) in [5.41, 5.74) is 14.7. The van der Waals surface area contributed by atoms with E-state index in [-0.39, 0.29) is 5.92 Å². The molecule has 0 aliphatic heterocycles. The molecule has 0 spiro atoms. The summed E-state index contributed by atoms with van der Waals surface area (Å²) in [6, 6.07) is 43.3. The number of rotatable bonds is 3. The second kappa shape index (κ2) is 9.49. The van der Waals surface area contributed by atoms with Crippen molar-refractivity contribution in [2.24, 2.45) is 0 Å². The Bertz CT molecular complexity index is 2320. The van der Waals surface area contributed by atoms with Gasteiger partial charge in [0.25, 0.3) is 0 Å². The molecule has 0 bridgehead atoms. The van der Waals surface area contributed by atoms with Gasteiger partial charge in [0.1, 0.15) is 5.78 Å². The molecule has 10 rings (SSSR count). The van der Waals surface area contributed by atoms with Crippen molar-refractivity contribution < 1.29 is 4.79 Å². The maximum Gasteiger partial charge on any atom is 0.144 e. The summed E-state index contributed by atoms with van der Waals surface area (Å²) in [6.07, 6.45) is 6.07. The van der Waals surface area contributed by atoms with E-state index in [1.54, 1.807) is 0 Å². The average molecular weight is 577 g/mol. The molecule has 7 aromatic carbocycles. The Kier molecular flexibility index (Phi) is 5.34. The molecule has 1 unspecified atom stereocenters. The van der Waals surface area contributed by atoms with Gasteiger partial charge in [-0.05, 0) is 126 Å². The third-order valence-corrected chi connectivity index (χ3v) is 11.0. The van der Waals surface area contributed by atoms with Crippen molar-refractivity contribution in [1.82, 2.24) is 0 Å². The van der Waals surface area contributed by atoms with Crippen LogP contribution < -0.4 is 0 Å². The number of fused-ring (bicyclic) bond motifs is 2. The SMILES string of the molecule is O=C1Cc2ccc(-c3ccc(-c4c5ccccc5c(-c5ccc6c7c(cccc57)CC6)c5ccccc45)cc3)c3c2C1CCC3. The molecular weight excluding hydrogens is 544 g/mol. The highest BCUT2D eigenvalue weighted by molar-refractivity contribution is 6.23. The van der Waals surface area contributed by atoms with Crippen molar-refractivity contribution in [3.05, 3.63) is 143 Å². The Labute approximate surface area is 263 Å². The smallest absolute Gasteiger partial charge is 0.144 e.